The highest BCUT2D eigenvalue weighted by Gasteiger charge is 2.56. The average Bonchev–Trinajstić information content (AvgIpc) is 3.64. The molecule has 0 aliphatic carbocycles. The number of benzene rings is 3. The molecule has 4 heterocycles. The number of hydrogen-bond acceptors (Lipinski definition) is 8. The Morgan fingerprint density at radius 1 is 0.864 bits per heavy atom. The highest BCUT2D eigenvalue weighted by atomic mass is 16.6. The lowest BCUT2D eigenvalue weighted by molar-refractivity contribution is -0.0916. The molecule has 5 aromatic rings. The molecule has 10 heteroatoms. The van der Waals surface area contributed by atoms with Crippen LogP contribution in [-0.2, 0) is 4.74 Å². The molecule has 1 N–H and O–H groups in total. The van der Waals surface area contributed by atoms with Crippen molar-refractivity contribution in [3.63, 3.8) is 0 Å². The smallest absolute Gasteiger partial charge is 0.267 e. The second kappa shape index (κ2) is 10.6. The van der Waals surface area contributed by atoms with Crippen molar-refractivity contribution >= 4 is 28.7 Å². The summed E-state index contributed by atoms with van der Waals surface area (Å²) in [5, 5.41) is 12.5. The van der Waals surface area contributed by atoms with E-state index in [1.807, 2.05) is 62.4 Å². The fourth-order valence-corrected chi connectivity index (χ4v) is 5.84. The van der Waals surface area contributed by atoms with Gasteiger partial charge in [-0.2, -0.15) is 0 Å². The maximum atomic E-state index is 13.2. The number of hydrogen-bond donors (Lipinski definition) is 1. The number of aromatic nitrogens is 3. The quantitative estimate of drug-likeness (QED) is 0.263. The van der Waals surface area contributed by atoms with Crippen LogP contribution >= 0.6 is 0 Å². The molecule has 0 unspecified atom stereocenters. The number of imide groups is 1. The SMILES string of the molecule is Cc1ccc(OC[C@H]2O[C@@H](n3ccc4c(N5C(=O)c6ccccc6C5=O)ncnc43)[C@](C)(O)[C@@H]2Oc2ccc(C)cc2)cc1. The molecule has 0 bridgehead atoms. The third-order valence-electron chi connectivity index (χ3n) is 8.18. The minimum atomic E-state index is -1.56. The Balaban J connectivity index is 1.24. The second-order valence-electron chi connectivity index (χ2n) is 11.4. The van der Waals surface area contributed by atoms with Crippen LogP contribution in [0.25, 0.3) is 11.0 Å². The van der Waals surface area contributed by atoms with Gasteiger partial charge in [0.25, 0.3) is 11.8 Å². The molecule has 1 saturated heterocycles. The van der Waals surface area contributed by atoms with Crippen LogP contribution in [-0.4, -0.2) is 55.9 Å². The molecule has 1 fully saturated rings. The summed E-state index contributed by atoms with van der Waals surface area (Å²) >= 11 is 0. The Morgan fingerprint density at radius 2 is 1.48 bits per heavy atom. The third kappa shape index (κ3) is 4.59. The maximum absolute atomic E-state index is 13.2. The van der Waals surface area contributed by atoms with E-state index >= 15 is 0 Å². The molecule has 222 valence electrons. The summed E-state index contributed by atoms with van der Waals surface area (Å²) in [6, 6.07) is 23.6. The summed E-state index contributed by atoms with van der Waals surface area (Å²) in [5.41, 5.74) is 1.65. The number of rotatable bonds is 7. The number of fused-ring (bicyclic) bond motifs is 2. The van der Waals surface area contributed by atoms with Crippen LogP contribution in [0.2, 0.25) is 0 Å². The minimum Gasteiger partial charge on any atom is -0.491 e. The molecule has 0 spiro atoms. The van der Waals surface area contributed by atoms with Crippen molar-refractivity contribution < 1.29 is 28.9 Å². The van der Waals surface area contributed by atoms with E-state index in [9.17, 15) is 14.7 Å². The Hall–Kier alpha value is -5.06. The van der Waals surface area contributed by atoms with E-state index in [-0.39, 0.29) is 12.4 Å². The standard InChI is InChI=1S/C34H30N4O6/c1-20-8-12-22(13-9-20)42-18-27-28(43-23-14-10-21(2)11-15-23)34(3,41)33(44-27)37-17-16-26-29(37)35-19-36-30(26)38-31(39)24-6-4-5-7-25(24)32(38)40/h4-17,19,27-28,33,41H,18H2,1-3H3/t27-,28-,33-,34-/m1/s1. The van der Waals surface area contributed by atoms with Gasteiger partial charge in [-0.05, 0) is 63.2 Å². The van der Waals surface area contributed by atoms with Crippen molar-refractivity contribution in [3.8, 4) is 11.5 Å². The van der Waals surface area contributed by atoms with Crippen molar-refractivity contribution in [3.05, 3.63) is 114 Å². The molecule has 44 heavy (non-hydrogen) atoms. The number of carbonyl (C=O) groups excluding carboxylic acids is 2. The first-order chi connectivity index (χ1) is 21.2. The van der Waals surface area contributed by atoms with E-state index in [1.165, 1.54) is 6.33 Å². The van der Waals surface area contributed by atoms with Crippen LogP contribution in [0.3, 0.4) is 0 Å². The summed E-state index contributed by atoms with van der Waals surface area (Å²) in [7, 11) is 0. The molecular formula is C34H30N4O6. The normalized spacial score (nSPS) is 22.9. The molecule has 3 aromatic carbocycles. The van der Waals surface area contributed by atoms with E-state index in [0.717, 1.165) is 16.0 Å². The minimum absolute atomic E-state index is 0.112. The molecule has 4 atom stereocenters. The van der Waals surface area contributed by atoms with Gasteiger partial charge < -0.3 is 23.9 Å². The summed E-state index contributed by atoms with van der Waals surface area (Å²) in [5.74, 6) is 0.494. The Kier molecular flexibility index (Phi) is 6.68. The molecule has 7 rings (SSSR count). The average molecular weight is 591 g/mol. The lowest BCUT2D eigenvalue weighted by Gasteiger charge is -2.31. The predicted molar refractivity (Wildman–Crippen MR) is 162 cm³/mol. The fraction of sp³-hybridized carbons (Fsp3) is 0.235. The number of amides is 2. The number of aliphatic hydroxyl groups is 1. The maximum Gasteiger partial charge on any atom is 0.267 e. The molecular weight excluding hydrogens is 560 g/mol. The van der Waals surface area contributed by atoms with Crippen LogP contribution in [0.1, 0.15) is 45.0 Å². The second-order valence-corrected chi connectivity index (χ2v) is 11.4. The lowest BCUT2D eigenvalue weighted by atomic mass is 9.96. The number of nitrogens with zero attached hydrogens (tertiary/aromatic N) is 4. The number of carbonyl (C=O) groups is 2. The van der Waals surface area contributed by atoms with Crippen LogP contribution in [0.15, 0.2) is 91.4 Å². The van der Waals surface area contributed by atoms with Crippen molar-refractivity contribution in [2.75, 3.05) is 11.5 Å². The first kappa shape index (κ1) is 27.8. The first-order valence-corrected chi connectivity index (χ1v) is 14.3. The first-order valence-electron chi connectivity index (χ1n) is 14.3. The van der Waals surface area contributed by atoms with E-state index < -0.39 is 35.9 Å². The molecule has 2 aliphatic heterocycles. The van der Waals surface area contributed by atoms with Crippen LogP contribution in [0.4, 0.5) is 5.82 Å². The van der Waals surface area contributed by atoms with Crippen molar-refractivity contribution in [2.24, 2.45) is 0 Å². The van der Waals surface area contributed by atoms with Gasteiger partial charge in [0.1, 0.15) is 41.8 Å². The molecule has 10 nitrogen and oxygen atoms in total. The largest absolute Gasteiger partial charge is 0.491 e. The van der Waals surface area contributed by atoms with Gasteiger partial charge in [-0.15, -0.1) is 0 Å². The molecule has 0 saturated carbocycles. The Morgan fingerprint density at radius 3 is 2.11 bits per heavy atom. The van der Waals surface area contributed by atoms with Gasteiger partial charge in [0.15, 0.2) is 18.1 Å². The number of ether oxygens (including phenoxy) is 3. The zero-order valence-electron chi connectivity index (χ0n) is 24.4. The highest BCUT2D eigenvalue weighted by Crippen LogP contribution is 2.43. The van der Waals surface area contributed by atoms with Crippen LogP contribution < -0.4 is 14.4 Å². The van der Waals surface area contributed by atoms with E-state index in [4.69, 9.17) is 14.2 Å². The summed E-state index contributed by atoms with van der Waals surface area (Å²) in [6.45, 7) is 5.76. The molecule has 2 aromatic heterocycles. The van der Waals surface area contributed by atoms with Gasteiger partial charge in [0.2, 0.25) is 0 Å². The predicted octanol–water partition coefficient (Wildman–Crippen LogP) is 5.02. The Bertz CT molecular complexity index is 1850. The molecule has 2 aliphatic rings. The van der Waals surface area contributed by atoms with Crippen molar-refractivity contribution in [2.45, 2.75) is 44.8 Å². The van der Waals surface area contributed by atoms with Crippen molar-refractivity contribution in [1.29, 1.82) is 0 Å². The van der Waals surface area contributed by atoms with Gasteiger partial charge >= 0.3 is 0 Å². The third-order valence-corrected chi connectivity index (χ3v) is 8.18. The molecule has 2 amide bonds. The van der Waals surface area contributed by atoms with Crippen molar-refractivity contribution in [1.82, 2.24) is 14.5 Å². The zero-order chi connectivity index (χ0) is 30.6. The van der Waals surface area contributed by atoms with E-state index in [1.54, 1.807) is 48.0 Å². The van der Waals surface area contributed by atoms with Gasteiger partial charge in [-0.1, -0.05) is 47.5 Å². The van der Waals surface area contributed by atoms with E-state index in [0.29, 0.717) is 33.7 Å². The topological polar surface area (TPSA) is 116 Å². The number of aryl methyl sites for hydroxylation is 2. The van der Waals surface area contributed by atoms with Crippen LogP contribution in [0, 0.1) is 13.8 Å². The highest BCUT2D eigenvalue weighted by molar-refractivity contribution is 6.35. The van der Waals surface area contributed by atoms with Crippen LogP contribution in [0.5, 0.6) is 11.5 Å². The van der Waals surface area contributed by atoms with Gasteiger partial charge in [-0.3, -0.25) is 9.59 Å². The van der Waals surface area contributed by atoms with Gasteiger partial charge in [0.05, 0.1) is 16.5 Å². The lowest BCUT2D eigenvalue weighted by Crippen LogP contribution is -2.48. The fourth-order valence-electron chi connectivity index (χ4n) is 5.84. The summed E-state index contributed by atoms with van der Waals surface area (Å²) in [6.07, 6.45) is 0.543. The number of anilines is 1. The van der Waals surface area contributed by atoms with Gasteiger partial charge in [0, 0.05) is 6.20 Å². The zero-order valence-corrected chi connectivity index (χ0v) is 24.4. The summed E-state index contributed by atoms with van der Waals surface area (Å²) < 4.78 is 20.6. The Labute approximate surface area is 253 Å². The molecule has 0 radical (unpaired) electrons. The summed E-state index contributed by atoms with van der Waals surface area (Å²) in [4.78, 5) is 36.4. The van der Waals surface area contributed by atoms with E-state index in [2.05, 4.69) is 9.97 Å². The monoisotopic (exact) mass is 590 g/mol. The van der Waals surface area contributed by atoms with Gasteiger partial charge in [-0.25, -0.2) is 14.9 Å².